The van der Waals surface area contributed by atoms with Crippen molar-refractivity contribution >= 4 is 62.3 Å². The number of urea groups is 1. The molecule has 3 aromatic rings. The zero-order chi connectivity index (χ0) is 26.9. The van der Waals surface area contributed by atoms with Gasteiger partial charge in [0.2, 0.25) is 0 Å². The van der Waals surface area contributed by atoms with E-state index in [1.54, 1.807) is 36.4 Å². The molecule has 4 rings (SSSR count). The fourth-order valence-corrected chi connectivity index (χ4v) is 5.44. The van der Waals surface area contributed by atoms with Crippen LogP contribution in [0.25, 0.3) is 6.08 Å². The van der Waals surface area contributed by atoms with Crippen molar-refractivity contribution < 1.29 is 31.7 Å². The first-order chi connectivity index (χ1) is 17.5. The van der Waals surface area contributed by atoms with Gasteiger partial charge in [-0.3, -0.25) is 14.9 Å². The highest BCUT2D eigenvalue weighted by molar-refractivity contribution is 14.1. The number of ether oxygens (including phenoxy) is 1. The highest BCUT2D eigenvalue weighted by Crippen LogP contribution is 2.37. The smallest absolute Gasteiger partial charge is 0.339 e. The summed E-state index contributed by atoms with van der Waals surface area (Å²) in [5, 5.41) is 2.19. The number of carbonyl (C=O) groups excluding carboxylic acids is 3. The van der Waals surface area contributed by atoms with Crippen LogP contribution in [0.15, 0.2) is 71.1 Å². The van der Waals surface area contributed by atoms with E-state index in [1.807, 2.05) is 36.4 Å². The predicted octanol–water partition coefficient (Wildman–Crippen LogP) is 4.35. The Morgan fingerprint density at radius 3 is 2.30 bits per heavy atom. The lowest BCUT2D eigenvalue weighted by atomic mass is 10.0. The zero-order valence-corrected chi connectivity index (χ0v) is 22.9. The van der Waals surface area contributed by atoms with Crippen LogP contribution in [0.1, 0.15) is 16.7 Å². The molecule has 1 fully saturated rings. The van der Waals surface area contributed by atoms with Crippen LogP contribution in [0.2, 0.25) is 0 Å². The number of barbiturate groups is 1. The Bertz CT molecular complexity index is 1570. The number of imide groups is 2. The molecule has 0 unspecified atom stereocenters. The fourth-order valence-electron chi connectivity index (χ4n) is 3.57. The first kappa shape index (κ1) is 26.4. The molecule has 1 aliphatic rings. The molecule has 4 amide bonds. The number of hydrogen-bond acceptors (Lipinski definition) is 7. The molecular weight excluding hydrogens is 611 g/mol. The van der Waals surface area contributed by atoms with Gasteiger partial charge in [0.15, 0.2) is 11.5 Å². The molecule has 0 spiro atoms. The predicted molar refractivity (Wildman–Crippen MR) is 145 cm³/mol. The molecule has 1 N–H and O–H groups in total. The number of rotatable bonds is 6. The van der Waals surface area contributed by atoms with Crippen molar-refractivity contribution in [2.75, 3.05) is 12.0 Å². The van der Waals surface area contributed by atoms with Gasteiger partial charge in [0, 0.05) is 0 Å². The average Bonchev–Trinajstić information content (AvgIpc) is 2.85. The number of anilines is 1. The minimum absolute atomic E-state index is 0.0281. The van der Waals surface area contributed by atoms with Crippen molar-refractivity contribution in [2.45, 2.75) is 18.7 Å². The molecule has 1 aliphatic heterocycles. The molecule has 11 heteroatoms. The molecular formula is C26H21IN2O7S. The van der Waals surface area contributed by atoms with Crippen molar-refractivity contribution in [2.24, 2.45) is 0 Å². The third kappa shape index (κ3) is 5.37. The minimum Gasteiger partial charge on any atom is -0.493 e. The number of halogens is 1. The van der Waals surface area contributed by atoms with Crippen molar-refractivity contribution in [1.29, 1.82) is 0 Å². The number of carbonyl (C=O) groups is 3. The van der Waals surface area contributed by atoms with Gasteiger partial charge in [-0.2, -0.15) is 8.42 Å². The second-order valence-electron chi connectivity index (χ2n) is 8.11. The van der Waals surface area contributed by atoms with Crippen LogP contribution in [0.3, 0.4) is 0 Å². The summed E-state index contributed by atoms with van der Waals surface area (Å²) in [6.07, 6.45) is 1.30. The summed E-state index contributed by atoms with van der Waals surface area (Å²) >= 11 is 1.87. The Balaban J connectivity index is 1.71. The number of nitrogens with zero attached hydrogens (tertiary/aromatic N) is 1. The number of benzene rings is 3. The van der Waals surface area contributed by atoms with E-state index >= 15 is 0 Å². The molecule has 1 heterocycles. The van der Waals surface area contributed by atoms with E-state index < -0.39 is 28.0 Å². The van der Waals surface area contributed by atoms with Crippen molar-refractivity contribution in [3.05, 3.63) is 86.5 Å². The maximum Gasteiger partial charge on any atom is 0.339 e. The average molecular weight is 632 g/mol. The molecule has 1 saturated heterocycles. The third-order valence-electron chi connectivity index (χ3n) is 5.64. The summed E-state index contributed by atoms with van der Waals surface area (Å²) in [4.78, 5) is 39.2. The number of hydrogen-bond donors (Lipinski definition) is 1. The molecule has 9 nitrogen and oxygen atoms in total. The Morgan fingerprint density at radius 2 is 1.65 bits per heavy atom. The number of nitrogens with one attached hydrogen (secondary N) is 1. The molecule has 0 bridgehead atoms. The standard InChI is InChI=1S/C26H21IN2O7S/c1-15-9-10-18(11-16(15)2)29-25(31)20(24(30)28-26(29)32)12-17-13-21(27)23(22(14-17)35-3)36-37(33,34)19-7-5-4-6-8-19/h4-14H,1-3H3,(H,28,30,32)/b20-12+. The summed E-state index contributed by atoms with van der Waals surface area (Å²) in [5.41, 5.74) is 2.27. The van der Waals surface area contributed by atoms with Gasteiger partial charge in [0.25, 0.3) is 11.8 Å². The van der Waals surface area contributed by atoms with Crippen LogP contribution in [0.5, 0.6) is 11.5 Å². The summed E-state index contributed by atoms with van der Waals surface area (Å²) in [7, 11) is -2.80. The van der Waals surface area contributed by atoms with E-state index in [1.165, 1.54) is 37.5 Å². The third-order valence-corrected chi connectivity index (χ3v) is 7.67. The molecule has 0 aliphatic carbocycles. The summed E-state index contributed by atoms with van der Waals surface area (Å²) in [6, 6.07) is 14.8. The van der Waals surface area contributed by atoms with E-state index in [-0.39, 0.29) is 22.0 Å². The topological polar surface area (TPSA) is 119 Å². The highest BCUT2D eigenvalue weighted by Gasteiger charge is 2.37. The summed E-state index contributed by atoms with van der Waals surface area (Å²) < 4.78 is 36.5. The molecule has 190 valence electrons. The van der Waals surface area contributed by atoms with Crippen LogP contribution in [0.4, 0.5) is 10.5 Å². The van der Waals surface area contributed by atoms with E-state index in [2.05, 4.69) is 5.32 Å². The van der Waals surface area contributed by atoms with Gasteiger partial charge in [0.1, 0.15) is 10.5 Å². The quantitative estimate of drug-likeness (QED) is 0.186. The van der Waals surface area contributed by atoms with Gasteiger partial charge < -0.3 is 8.92 Å². The van der Waals surface area contributed by atoms with E-state index in [4.69, 9.17) is 8.92 Å². The largest absolute Gasteiger partial charge is 0.493 e. The SMILES string of the molecule is COc1cc(/C=C2\C(=O)NC(=O)N(c3ccc(C)c(C)c3)C2=O)cc(I)c1OS(=O)(=O)c1ccccc1. The molecule has 0 radical (unpaired) electrons. The number of amides is 4. The second-order valence-corrected chi connectivity index (χ2v) is 10.8. The Hall–Kier alpha value is -3.71. The lowest BCUT2D eigenvalue weighted by Crippen LogP contribution is -2.54. The monoisotopic (exact) mass is 632 g/mol. The summed E-state index contributed by atoms with van der Waals surface area (Å²) in [6.45, 7) is 3.75. The summed E-state index contributed by atoms with van der Waals surface area (Å²) in [5.74, 6) is -1.61. The van der Waals surface area contributed by atoms with Crippen molar-refractivity contribution in [3.63, 3.8) is 0 Å². The van der Waals surface area contributed by atoms with Gasteiger partial charge in [-0.15, -0.1) is 0 Å². The van der Waals surface area contributed by atoms with Crippen LogP contribution in [-0.2, 0) is 19.7 Å². The van der Waals surface area contributed by atoms with E-state index in [9.17, 15) is 22.8 Å². The lowest BCUT2D eigenvalue weighted by Gasteiger charge is -2.27. The van der Waals surface area contributed by atoms with Crippen LogP contribution < -0.4 is 19.1 Å². The molecule has 0 aromatic heterocycles. The van der Waals surface area contributed by atoms with Gasteiger partial charge in [-0.05, 0) is 95.6 Å². The van der Waals surface area contributed by atoms with Crippen molar-refractivity contribution in [3.8, 4) is 11.5 Å². The highest BCUT2D eigenvalue weighted by atomic mass is 127. The van der Waals surface area contributed by atoms with Gasteiger partial charge in [-0.25, -0.2) is 9.69 Å². The molecule has 3 aromatic carbocycles. The minimum atomic E-state index is -4.14. The van der Waals surface area contributed by atoms with Gasteiger partial charge >= 0.3 is 16.1 Å². The van der Waals surface area contributed by atoms with Crippen LogP contribution in [-0.4, -0.2) is 33.4 Å². The number of aryl methyl sites for hydroxylation is 2. The zero-order valence-electron chi connectivity index (χ0n) is 19.9. The molecule has 0 saturated carbocycles. The molecule has 37 heavy (non-hydrogen) atoms. The first-order valence-corrected chi connectivity index (χ1v) is 13.4. The van der Waals surface area contributed by atoms with Crippen LogP contribution in [0, 0.1) is 17.4 Å². The van der Waals surface area contributed by atoms with Crippen LogP contribution >= 0.6 is 22.6 Å². The first-order valence-electron chi connectivity index (χ1n) is 10.9. The van der Waals surface area contributed by atoms with Crippen molar-refractivity contribution in [1.82, 2.24) is 5.32 Å². The van der Waals surface area contributed by atoms with E-state index in [0.29, 0.717) is 14.8 Å². The molecule has 0 atom stereocenters. The maximum absolute atomic E-state index is 13.2. The lowest BCUT2D eigenvalue weighted by molar-refractivity contribution is -0.122. The van der Waals surface area contributed by atoms with Gasteiger partial charge in [-0.1, -0.05) is 24.3 Å². The Labute approximate surface area is 227 Å². The van der Waals surface area contributed by atoms with Gasteiger partial charge in [0.05, 0.1) is 16.4 Å². The van der Waals surface area contributed by atoms with E-state index in [0.717, 1.165) is 16.0 Å². The number of methoxy groups -OCH3 is 1. The second kappa shape index (κ2) is 10.3. The fraction of sp³-hybridized carbons (Fsp3) is 0.115. The normalized spacial score (nSPS) is 15.1. The Kier molecular flexibility index (Phi) is 7.37. The Morgan fingerprint density at radius 1 is 0.946 bits per heavy atom. The maximum atomic E-state index is 13.2.